The fourth-order valence-corrected chi connectivity index (χ4v) is 2.32. The second-order valence-corrected chi connectivity index (χ2v) is 5.46. The zero-order valence-corrected chi connectivity index (χ0v) is 13.7. The van der Waals surface area contributed by atoms with Crippen LogP contribution in [0.5, 0.6) is 5.75 Å². The summed E-state index contributed by atoms with van der Waals surface area (Å²) in [6, 6.07) is 8.97. The summed E-state index contributed by atoms with van der Waals surface area (Å²) in [4.78, 5) is 23.4. The Balaban J connectivity index is 1.95. The number of ether oxygens (including phenoxy) is 1. The summed E-state index contributed by atoms with van der Waals surface area (Å²) in [7, 11) is 0. The SMILES string of the molecule is CCOc1ccc(CC(CNC(=O)c2occc2C)C(=O)O)cc1. The Bertz CT molecular complexity index is 690. The first-order valence-corrected chi connectivity index (χ1v) is 7.78. The van der Waals surface area contributed by atoms with Gasteiger partial charge in [-0.2, -0.15) is 0 Å². The summed E-state index contributed by atoms with van der Waals surface area (Å²) in [5.74, 6) is -1.13. The summed E-state index contributed by atoms with van der Waals surface area (Å²) < 4.78 is 10.5. The summed E-state index contributed by atoms with van der Waals surface area (Å²) in [6.45, 7) is 4.27. The number of benzene rings is 1. The summed E-state index contributed by atoms with van der Waals surface area (Å²) in [5.41, 5.74) is 1.58. The molecule has 1 amide bonds. The quantitative estimate of drug-likeness (QED) is 0.776. The summed E-state index contributed by atoms with van der Waals surface area (Å²) in [5, 5.41) is 12.0. The Hall–Kier alpha value is -2.76. The lowest BCUT2D eigenvalue weighted by atomic mass is 9.99. The molecule has 24 heavy (non-hydrogen) atoms. The lowest BCUT2D eigenvalue weighted by Crippen LogP contribution is -2.34. The van der Waals surface area contributed by atoms with E-state index in [0.29, 0.717) is 18.6 Å². The lowest BCUT2D eigenvalue weighted by molar-refractivity contribution is -0.141. The standard InChI is InChI=1S/C18H21NO5/c1-3-23-15-6-4-13(5-7-15)10-14(18(21)22)11-19-17(20)16-12(2)8-9-24-16/h4-9,14H,3,10-11H2,1-2H3,(H,19,20)(H,21,22). The highest BCUT2D eigenvalue weighted by atomic mass is 16.5. The molecule has 128 valence electrons. The molecule has 0 bridgehead atoms. The van der Waals surface area contributed by atoms with Crippen LogP contribution in [0, 0.1) is 12.8 Å². The number of aliphatic carboxylic acids is 1. The predicted molar refractivity (Wildman–Crippen MR) is 88.2 cm³/mol. The largest absolute Gasteiger partial charge is 0.494 e. The number of rotatable bonds is 8. The molecule has 1 unspecified atom stereocenters. The van der Waals surface area contributed by atoms with E-state index in [1.54, 1.807) is 13.0 Å². The Morgan fingerprint density at radius 3 is 2.50 bits per heavy atom. The highest BCUT2D eigenvalue weighted by Crippen LogP contribution is 2.16. The van der Waals surface area contributed by atoms with Crippen molar-refractivity contribution in [3.63, 3.8) is 0 Å². The van der Waals surface area contributed by atoms with Crippen molar-refractivity contribution in [2.45, 2.75) is 20.3 Å². The number of amides is 1. The molecule has 1 heterocycles. The molecule has 0 saturated carbocycles. The third-order valence-electron chi connectivity index (χ3n) is 3.64. The van der Waals surface area contributed by atoms with Crippen molar-refractivity contribution in [2.75, 3.05) is 13.2 Å². The van der Waals surface area contributed by atoms with E-state index in [1.807, 2.05) is 31.2 Å². The Labute approximate surface area is 140 Å². The maximum atomic E-state index is 12.0. The maximum Gasteiger partial charge on any atom is 0.308 e. The average molecular weight is 331 g/mol. The van der Waals surface area contributed by atoms with Crippen molar-refractivity contribution < 1.29 is 23.8 Å². The van der Waals surface area contributed by atoms with E-state index in [4.69, 9.17) is 9.15 Å². The number of carboxylic acid groups (broad SMARTS) is 1. The zero-order valence-electron chi connectivity index (χ0n) is 13.7. The maximum absolute atomic E-state index is 12.0. The molecule has 0 radical (unpaired) electrons. The monoisotopic (exact) mass is 331 g/mol. The molecule has 1 aromatic heterocycles. The van der Waals surface area contributed by atoms with Crippen molar-refractivity contribution in [2.24, 2.45) is 5.92 Å². The number of furan rings is 1. The van der Waals surface area contributed by atoms with Crippen molar-refractivity contribution >= 4 is 11.9 Å². The van der Waals surface area contributed by atoms with Crippen LogP contribution in [0.25, 0.3) is 0 Å². The minimum Gasteiger partial charge on any atom is -0.494 e. The number of hydrogen-bond donors (Lipinski definition) is 2. The van der Waals surface area contributed by atoms with Gasteiger partial charge in [-0.05, 0) is 44.0 Å². The van der Waals surface area contributed by atoms with Gasteiger partial charge in [-0.25, -0.2) is 0 Å². The van der Waals surface area contributed by atoms with E-state index < -0.39 is 17.8 Å². The van der Waals surface area contributed by atoms with E-state index in [1.165, 1.54) is 6.26 Å². The molecule has 2 rings (SSSR count). The minimum atomic E-state index is -0.958. The van der Waals surface area contributed by atoms with E-state index in [9.17, 15) is 14.7 Å². The molecular formula is C18H21NO5. The van der Waals surface area contributed by atoms with Crippen LogP contribution >= 0.6 is 0 Å². The molecular weight excluding hydrogens is 310 g/mol. The second kappa shape index (κ2) is 8.19. The van der Waals surface area contributed by atoms with Gasteiger partial charge in [-0.3, -0.25) is 9.59 Å². The van der Waals surface area contributed by atoms with Crippen LogP contribution in [-0.4, -0.2) is 30.1 Å². The molecule has 0 aliphatic carbocycles. The van der Waals surface area contributed by atoms with E-state index in [2.05, 4.69) is 5.32 Å². The van der Waals surface area contributed by atoms with Gasteiger partial charge < -0.3 is 19.6 Å². The van der Waals surface area contributed by atoms with E-state index in [0.717, 1.165) is 11.3 Å². The van der Waals surface area contributed by atoms with Crippen molar-refractivity contribution in [1.29, 1.82) is 0 Å². The molecule has 6 nitrogen and oxygen atoms in total. The van der Waals surface area contributed by atoms with Gasteiger partial charge in [-0.1, -0.05) is 12.1 Å². The highest BCUT2D eigenvalue weighted by Gasteiger charge is 2.21. The summed E-state index contributed by atoms with van der Waals surface area (Å²) in [6.07, 6.45) is 1.75. The zero-order chi connectivity index (χ0) is 17.5. The third-order valence-corrected chi connectivity index (χ3v) is 3.64. The predicted octanol–water partition coefficient (Wildman–Crippen LogP) is 2.66. The van der Waals surface area contributed by atoms with Gasteiger partial charge in [0.1, 0.15) is 5.75 Å². The van der Waals surface area contributed by atoms with E-state index in [-0.39, 0.29) is 12.3 Å². The van der Waals surface area contributed by atoms with Crippen molar-refractivity contribution in [3.8, 4) is 5.75 Å². The highest BCUT2D eigenvalue weighted by molar-refractivity contribution is 5.93. The third kappa shape index (κ3) is 4.62. The molecule has 1 aromatic carbocycles. The van der Waals surface area contributed by atoms with Crippen LogP contribution < -0.4 is 10.1 Å². The molecule has 0 aliphatic heterocycles. The first-order valence-electron chi connectivity index (χ1n) is 7.78. The van der Waals surface area contributed by atoms with Gasteiger partial charge in [0.25, 0.3) is 5.91 Å². The van der Waals surface area contributed by atoms with Crippen molar-refractivity contribution in [1.82, 2.24) is 5.32 Å². The Morgan fingerprint density at radius 1 is 1.25 bits per heavy atom. The van der Waals surface area contributed by atoms with E-state index >= 15 is 0 Å². The van der Waals surface area contributed by atoms with Gasteiger partial charge in [0.15, 0.2) is 5.76 Å². The molecule has 0 spiro atoms. The van der Waals surface area contributed by atoms with Crippen molar-refractivity contribution in [3.05, 3.63) is 53.5 Å². The van der Waals surface area contributed by atoms with Crippen LogP contribution in [0.4, 0.5) is 0 Å². The smallest absolute Gasteiger partial charge is 0.308 e. The minimum absolute atomic E-state index is 0.0293. The van der Waals surface area contributed by atoms with Gasteiger partial charge in [-0.15, -0.1) is 0 Å². The van der Waals surface area contributed by atoms with Crippen LogP contribution in [0.1, 0.15) is 28.6 Å². The Morgan fingerprint density at radius 2 is 1.96 bits per heavy atom. The van der Waals surface area contributed by atoms with Crippen LogP contribution in [-0.2, 0) is 11.2 Å². The molecule has 0 fully saturated rings. The molecule has 6 heteroatoms. The number of aryl methyl sites for hydroxylation is 1. The fourth-order valence-electron chi connectivity index (χ4n) is 2.32. The number of nitrogens with one attached hydrogen (secondary N) is 1. The van der Waals surface area contributed by atoms with Crippen LogP contribution in [0.2, 0.25) is 0 Å². The second-order valence-electron chi connectivity index (χ2n) is 5.46. The van der Waals surface area contributed by atoms with Gasteiger partial charge in [0.05, 0.1) is 18.8 Å². The number of carboxylic acids is 1. The van der Waals surface area contributed by atoms with Gasteiger partial charge in [0, 0.05) is 12.1 Å². The average Bonchev–Trinajstić information content (AvgIpc) is 2.99. The number of carbonyl (C=O) groups excluding carboxylic acids is 1. The van der Waals surface area contributed by atoms with Gasteiger partial charge >= 0.3 is 5.97 Å². The Kier molecular flexibility index (Phi) is 6.01. The van der Waals surface area contributed by atoms with Crippen LogP contribution in [0.3, 0.4) is 0 Å². The molecule has 0 aliphatic rings. The normalized spacial score (nSPS) is 11.8. The van der Waals surface area contributed by atoms with Crippen LogP contribution in [0.15, 0.2) is 41.0 Å². The first kappa shape index (κ1) is 17.6. The first-order chi connectivity index (χ1) is 11.5. The summed E-state index contributed by atoms with van der Waals surface area (Å²) >= 11 is 0. The fraction of sp³-hybridized carbons (Fsp3) is 0.333. The molecule has 2 N–H and O–H groups in total. The number of hydrogen-bond acceptors (Lipinski definition) is 4. The number of carbonyl (C=O) groups is 2. The van der Waals surface area contributed by atoms with Gasteiger partial charge in [0.2, 0.25) is 0 Å². The lowest BCUT2D eigenvalue weighted by Gasteiger charge is -2.13. The molecule has 0 saturated heterocycles. The topological polar surface area (TPSA) is 88.8 Å². The molecule has 2 aromatic rings. The molecule has 1 atom stereocenters.